The lowest BCUT2D eigenvalue weighted by Gasteiger charge is -2.36. The number of nitriles is 1. The van der Waals surface area contributed by atoms with E-state index < -0.39 is 42.3 Å². The molecule has 200 valence electrons. The van der Waals surface area contributed by atoms with Gasteiger partial charge in [-0.1, -0.05) is 30.3 Å². The molecule has 3 atom stereocenters. The van der Waals surface area contributed by atoms with Crippen LogP contribution in [0, 0.1) is 11.3 Å². The van der Waals surface area contributed by atoms with Crippen LogP contribution in [-0.4, -0.2) is 88.4 Å². The lowest BCUT2D eigenvalue weighted by Crippen LogP contribution is -2.52. The predicted molar refractivity (Wildman–Crippen MR) is 137 cm³/mol. The number of nitrogens with one attached hydrogen (secondary N) is 1. The van der Waals surface area contributed by atoms with E-state index in [1.54, 1.807) is 17.9 Å². The minimum atomic E-state index is -1.79. The molecule has 0 spiro atoms. The molecule has 0 bridgehead atoms. The van der Waals surface area contributed by atoms with Gasteiger partial charge in [-0.05, 0) is 58.1 Å². The van der Waals surface area contributed by atoms with Crippen LogP contribution in [-0.2, 0) is 16.0 Å². The van der Waals surface area contributed by atoms with E-state index in [4.69, 9.17) is 4.74 Å². The van der Waals surface area contributed by atoms with Crippen LogP contribution in [0.1, 0.15) is 45.6 Å². The van der Waals surface area contributed by atoms with E-state index in [9.17, 15) is 29.3 Å². The molecule has 37 heavy (non-hydrogen) atoms. The molecule has 11 heteroatoms. The summed E-state index contributed by atoms with van der Waals surface area (Å²) in [7, 11) is -1.79. The maximum Gasteiger partial charge on any atom is 0.475 e. The summed E-state index contributed by atoms with van der Waals surface area (Å²) in [6, 6.07) is 11.1. The van der Waals surface area contributed by atoms with Crippen LogP contribution in [0.25, 0.3) is 0 Å². The Kier molecular flexibility index (Phi) is 9.34. The van der Waals surface area contributed by atoms with Crippen molar-refractivity contribution in [2.45, 2.75) is 69.6 Å². The fourth-order valence-corrected chi connectivity index (χ4v) is 5.01. The second-order valence-electron chi connectivity index (χ2n) is 10.6. The van der Waals surface area contributed by atoms with Crippen LogP contribution >= 0.6 is 0 Å². The third-order valence-electron chi connectivity index (χ3n) is 7.26. The molecule has 3 rings (SSSR count). The molecule has 2 aliphatic heterocycles. The molecule has 1 aromatic carbocycles. The number of alkyl carbamates (subject to hydrolysis) is 1. The average Bonchev–Trinajstić information content (AvgIpc) is 3.47. The Hall–Kier alpha value is -2.94. The van der Waals surface area contributed by atoms with Gasteiger partial charge in [-0.25, -0.2) is 9.18 Å². The summed E-state index contributed by atoms with van der Waals surface area (Å²) in [6.07, 6.45) is 1.71. The van der Waals surface area contributed by atoms with Crippen molar-refractivity contribution < 1.29 is 28.8 Å². The summed E-state index contributed by atoms with van der Waals surface area (Å²) in [5.74, 6) is -1.43. The molecule has 9 nitrogen and oxygen atoms in total. The van der Waals surface area contributed by atoms with Gasteiger partial charge < -0.3 is 25.0 Å². The number of nitrogens with zero attached hydrogens (tertiary/aromatic N) is 3. The lowest BCUT2D eigenvalue weighted by molar-refractivity contribution is -0.131. The molecule has 2 amide bonds. The van der Waals surface area contributed by atoms with Crippen molar-refractivity contribution in [3.63, 3.8) is 0 Å². The Balaban J connectivity index is 1.64. The lowest BCUT2D eigenvalue weighted by atomic mass is 9.76. The number of ether oxygens (including phenoxy) is 1. The van der Waals surface area contributed by atoms with E-state index in [2.05, 4.69) is 5.32 Å². The maximum atomic E-state index is 13.7. The molecule has 0 unspecified atom stereocenters. The Morgan fingerprint density at radius 1 is 1.35 bits per heavy atom. The highest BCUT2D eigenvalue weighted by Crippen LogP contribution is 2.32. The Bertz CT molecular complexity index is 1030. The monoisotopic (exact) mass is 514 g/mol. The summed E-state index contributed by atoms with van der Waals surface area (Å²) >= 11 is 0. The fraction of sp³-hybridized carbons (Fsp3) is 0.577. The molecule has 2 fully saturated rings. The van der Waals surface area contributed by atoms with Crippen LogP contribution in [0.3, 0.4) is 0 Å². The molecule has 3 N–H and O–H groups in total. The van der Waals surface area contributed by atoms with Gasteiger partial charge >= 0.3 is 13.2 Å². The number of carbonyl (C=O) groups excluding carboxylic acids is 2. The number of carbonyl (C=O) groups is 2. The predicted octanol–water partition coefficient (Wildman–Crippen LogP) is 1.99. The minimum absolute atomic E-state index is 0.0313. The van der Waals surface area contributed by atoms with Gasteiger partial charge in [0.05, 0.1) is 11.5 Å². The third kappa shape index (κ3) is 7.31. The zero-order valence-electron chi connectivity index (χ0n) is 21.7. The van der Waals surface area contributed by atoms with Gasteiger partial charge in [0, 0.05) is 25.2 Å². The van der Waals surface area contributed by atoms with Crippen LogP contribution in [0.15, 0.2) is 42.0 Å². The quantitative estimate of drug-likeness (QED) is 0.261. The maximum absolute atomic E-state index is 13.7. The summed E-state index contributed by atoms with van der Waals surface area (Å²) in [4.78, 5) is 29.4. The smallest absolute Gasteiger partial charge is 0.447 e. The number of likely N-dealkylation sites (tertiary alicyclic amines) is 2. The van der Waals surface area contributed by atoms with Gasteiger partial charge in [-0.15, -0.1) is 0 Å². The second-order valence-corrected chi connectivity index (χ2v) is 10.6. The van der Waals surface area contributed by atoms with Crippen LogP contribution in [0.2, 0.25) is 0 Å². The molecule has 0 aliphatic carbocycles. The molecule has 2 heterocycles. The van der Waals surface area contributed by atoms with Crippen LogP contribution < -0.4 is 5.32 Å². The van der Waals surface area contributed by atoms with E-state index >= 15 is 0 Å². The largest absolute Gasteiger partial charge is 0.475 e. The van der Waals surface area contributed by atoms with Crippen molar-refractivity contribution in [1.29, 1.82) is 5.26 Å². The highest BCUT2D eigenvalue weighted by molar-refractivity contribution is 6.43. The first-order chi connectivity index (χ1) is 17.4. The number of hydrogen-bond donors (Lipinski definition) is 3. The highest BCUT2D eigenvalue weighted by atomic mass is 19.1. The summed E-state index contributed by atoms with van der Waals surface area (Å²) < 4.78 is 19.2. The van der Waals surface area contributed by atoms with Crippen molar-refractivity contribution in [2.75, 3.05) is 26.2 Å². The molecular weight excluding hydrogens is 478 g/mol. The van der Waals surface area contributed by atoms with Crippen LogP contribution in [0.5, 0.6) is 0 Å². The molecular formula is C26H36BFN4O5. The van der Waals surface area contributed by atoms with Crippen molar-refractivity contribution in [3.05, 3.63) is 47.5 Å². The fourth-order valence-electron chi connectivity index (χ4n) is 5.01. The molecule has 0 radical (unpaired) electrons. The first-order valence-corrected chi connectivity index (χ1v) is 12.6. The summed E-state index contributed by atoms with van der Waals surface area (Å²) in [5.41, 5.74) is -0.724. The van der Waals surface area contributed by atoms with Crippen molar-refractivity contribution >= 4 is 19.1 Å². The zero-order chi connectivity index (χ0) is 27.2. The number of alkyl halides is 1. The van der Waals surface area contributed by atoms with Crippen molar-refractivity contribution in [2.24, 2.45) is 0 Å². The number of hydrogen-bond acceptors (Lipinski definition) is 7. The van der Waals surface area contributed by atoms with Gasteiger partial charge in [0.25, 0.3) is 5.91 Å². The zero-order valence-corrected chi connectivity index (χ0v) is 21.7. The number of benzene rings is 1. The molecule has 1 aromatic rings. The van der Waals surface area contributed by atoms with E-state index in [-0.39, 0.29) is 25.1 Å². The van der Waals surface area contributed by atoms with Crippen molar-refractivity contribution in [1.82, 2.24) is 15.1 Å². The number of halogens is 1. The Morgan fingerprint density at radius 3 is 2.65 bits per heavy atom. The number of rotatable bonds is 9. The van der Waals surface area contributed by atoms with Gasteiger partial charge in [-0.2, -0.15) is 5.26 Å². The molecule has 0 saturated carbocycles. The standard InChI is InChI=1S/C26H36BFN4O5/c1-25(2,31-13-10-21(28)17-31)15-20(16-29)23(33)32-12-7-11-26(32,3)18-37-24(34)30-22(27(35)36)14-19-8-5-4-6-9-19/h4-6,8-9,15,21-22,35-36H,7,10-14,17-18H2,1-3H3,(H,30,34)/t21-,22-,26+/m0/s1. The minimum Gasteiger partial charge on any atom is -0.447 e. The molecule has 0 aromatic heterocycles. The normalized spacial score (nSPS) is 23.4. The van der Waals surface area contributed by atoms with E-state index in [1.807, 2.05) is 55.1 Å². The second kappa shape index (κ2) is 12.1. The van der Waals surface area contributed by atoms with Gasteiger partial charge in [0.2, 0.25) is 0 Å². The SMILES string of the molecule is CC(C)(C=C(C#N)C(=O)N1CCC[C@]1(C)COC(=O)N[C@@H](Cc1ccccc1)B(O)O)N1CC[C@H](F)C1. The van der Waals surface area contributed by atoms with Gasteiger partial charge in [0.15, 0.2) is 0 Å². The Labute approximate surface area is 218 Å². The summed E-state index contributed by atoms with van der Waals surface area (Å²) in [6.45, 7) is 6.59. The summed E-state index contributed by atoms with van der Waals surface area (Å²) in [5, 5.41) is 31.7. The number of amides is 2. The van der Waals surface area contributed by atoms with E-state index in [1.165, 1.54) is 0 Å². The average molecular weight is 514 g/mol. The first-order valence-electron chi connectivity index (χ1n) is 12.6. The molecule has 2 saturated heterocycles. The van der Waals surface area contributed by atoms with Gasteiger partial charge in [0.1, 0.15) is 24.4 Å². The van der Waals surface area contributed by atoms with Crippen molar-refractivity contribution in [3.8, 4) is 6.07 Å². The first kappa shape index (κ1) is 28.6. The Morgan fingerprint density at radius 2 is 2.05 bits per heavy atom. The van der Waals surface area contributed by atoms with Gasteiger partial charge in [-0.3, -0.25) is 9.69 Å². The molecule has 2 aliphatic rings. The topological polar surface area (TPSA) is 126 Å². The highest BCUT2D eigenvalue weighted by Gasteiger charge is 2.43. The van der Waals surface area contributed by atoms with Crippen LogP contribution in [0.4, 0.5) is 9.18 Å². The third-order valence-corrected chi connectivity index (χ3v) is 7.26. The van der Waals surface area contributed by atoms with E-state index in [0.29, 0.717) is 32.4 Å². The van der Waals surface area contributed by atoms with E-state index in [0.717, 1.165) is 5.56 Å².